The predicted molar refractivity (Wildman–Crippen MR) is 94.6 cm³/mol. The van der Waals surface area contributed by atoms with Crippen molar-refractivity contribution in [1.29, 1.82) is 0 Å². The topological polar surface area (TPSA) is 66.8 Å². The number of rotatable bonds is 3. The lowest BCUT2D eigenvalue weighted by Gasteiger charge is -2.12. The van der Waals surface area contributed by atoms with Crippen LogP contribution in [0, 0.1) is 0 Å². The van der Waals surface area contributed by atoms with Gasteiger partial charge in [0.05, 0.1) is 17.7 Å². The lowest BCUT2D eigenvalue weighted by molar-refractivity contribution is -0.113. The lowest BCUT2D eigenvalue weighted by Crippen LogP contribution is -2.27. The Balaban J connectivity index is 1.92. The van der Waals surface area contributed by atoms with Gasteiger partial charge >= 0.3 is 0 Å². The summed E-state index contributed by atoms with van der Waals surface area (Å²) in [5.41, 5.74) is 1.11. The van der Waals surface area contributed by atoms with E-state index in [1.54, 1.807) is 42.5 Å². The number of nitrogens with zero attached hydrogens (tertiary/aromatic N) is 1. The number of carbonyl (C=O) groups excluding carboxylic acids is 2. The molecule has 3 rings (SSSR count). The van der Waals surface area contributed by atoms with Crippen LogP contribution in [0.5, 0.6) is 11.5 Å². The fraction of sp³-hybridized carbons (Fsp3) is 0.0588. The number of hydrogen-bond acceptors (Lipinski definition) is 5. The second-order valence-electron chi connectivity index (χ2n) is 4.92. The number of carbonyl (C=O) groups is 2. The maximum Gasteiger partial charge on any atom is 0.298 e. The first-order chi connectivity index (χ1) is 11.5. The summed E-state index contributed by atoms with van der Waals surface area (Å²) in [6, 6.07) is 11.2. The molecule has 0 saturated carbocycles. The molecule has 2 aromatic rings. The lowest BCUT2D eigenvalue weighted by atomic mass is 10.2. The van der Waals surface area contributed by atoms with Gasteiger partial charge in [-0.1, -0.05) is 17.7 Å². The number of hydrogen-bond donors (Lipinski definition) is 1. The van der Waals surface area contributed by atoms with Crippen molar-refractivity contribution in [2.45, 2.75) is 0 Å². The number of halogens is 1. The number of amides is 2. The Hall–Kier alpha value is -2.44. The zero-order valence-corrected chi connectivity index (χ0v) is 14.1. The molecule has 24 heavy (non-hydrogen) atoms. The molecule has 0 atom stereocenters. The molecular weight excluding hydrogens is 350 g/mol. The summed E-state index contributed by atoms with van der Waals surface area (Å²) in [5, 5.41) is 9.76. The fourth-order valence-electron chi connectivity index (χ4n) is 2.22. The molecule has 7 heteroatoms. The summed E-state index contributed by atoms with van der Waals surface area (Å²) in [4.78, 5) is 26.1. The molecule has 1 N–H and O–H groups in total. The zero-order chi connectivity index (χ0) is 17.3. The van der Waals surface area contributed by atoms with E-state index in [1.165, 1.54) is 13.2 Å². The molecular formula is C17H12ClNO4S. The third-order valence-corrected chi connectivity index (χ3v) is 4.50. The number of phenolic OH excluding ortho intramolecular Hbond substituents is 1. The van der Waals surface area contributed by atoms with Gasteiger partial charge in [-0.25, -0.2) is 4.90 Å². The number of methoxy groups -OCH3 is 1. The van der Waals surface area contributed by atoms with E-state index in [0.29, 0.717) is 26.9 Å². The smallest absolute Gasteiger partial charge is 0.298 e. The summed E-state index contributed by atoms with van der Waals surface area (Å²) in [6.07, 6.45) is 1.59. The van der Waals surface area contributed by atoms with Crippen molar-refractivity contribution >= 4 is 46.3 Å². The highest BCUT2D eigenvalue weighted by Gasteiger charge is 2.36. The van der Waals surface area contributed by atoms with E-state index in [2.05, 4.69) is 0 Å². The van der Waals surface area contributed by atoms with E-state index in [1.807, 2.05) is 0 Å². The molecule has 0 aliphatic carbocycles. The number of ether oxygens (including phenoxy) is 1. The van der Waals surface area contributed by atoms with Crippen LogP contribution in [0.1, 0.15) is 5.56 Å². The van der Waals surface area contributed by atoms with Crippen LogP contribution in [0.4, 0.5) is 10.5 Å². The van der Waals surface area contributed by atoms with Crippen LogP contribution in [0.2, 0.25) is 5.02 Å². The van der Waals surface area contributed by atoms with Gasteiger partial charge in [0.2, 0.25) is 0 Å². The third kappa shape index (κ3) is 3.11. The van der Waals surface area contributed by atoms with E-state index in [0.717, 1.165) is 16.7 Å². The van der Waals surface area contributed by atoms with Crippen molar-refractivity contribution in [3.63, 3.8) is 0 Å². The van der Waals surface area contributed by atoms with Crippen molar-refractivity contribution in [2.75, 3.05) is 12.0 Å². The Bertz CT molecular complexity index is 848. The van der Waals surface area contributed by atoms with E-state index in [4.69, 9.17) is 16.3 Å². The molecule has 1 aliphatic heterocycles. The zero-order valence-electron chi connectivity index (χ0n) is 12.5. The minimum Gasteiger partial charge on any atom is -0.504 e. The largest absolute Gasteiger partial charge is 0.504 e. The highest BCUT2D eigenvalue weighted by atomic mass is 35.5. The monoisotopic (exact) mass is 361 g/mol. The first-order valence-corrected chi connectivity index (χ1v) is 8.09. The maximum absolute atomic E-state index is 12.5. The first kappa shape index (κ1) is 16.4. The van der Waals surface area contributed by atoms with Crippen LogP contribution in [-0.4, -0.2) is 23.4 Å². The summed E-state index contributed by atoms with van der Waals surface area (Å²) in [6.45, 7) is 0. The normalized spacial score (nSPS) is 16.1. The highest BCUT2D eigenvalue weighted by molar-refractivity contribution is 8.19. The van der Waals surface area contributed by atoms with Crippen LogP contribution in [0.25, 0.3) is 6.08 Å². The summed E-state index contributed by atoms with van der Waals surface area (Å²) >= 11 is 6.69. The van der Waals surface area contributed by atoms with Gasteiger partial charge < -0.3 is 9.84 Å². The standard InChI is InChI=1S/C17H12ClNO4S/c1-23-14-8-10(2-7-13(14)20)9-15-16(21)19(17(22)24-15)12-5-3-11(18)4-6-12/h2-9,20H,1H3. The second kappa shape index (κ2) is 6.59. The molecule has 1 fully saturated rings. The van der Waals surface area contributed by atoms with E-state index >= 15 is 0 Å². The van der Waals surface area contributed by atoms with E-state index < -0.39 is 5.91 Å². The van der Waals surface area contributed by atoms with Crippen molar-refractivity contribution in [3.8, 4) is 11.5 Å². The molecule has 0 bridgehead atoms. The Labute approximate surface area is 147 Å². The van der Waals surface area contributed by atoms with Gasteiger partial charge in [-0.15, -0.1) is 0 Å². The minimum absolute atomic E-state index is 0.00363. The third-order valence-electron chi connectivity index (χ3n) is 3.38. The summed E-state index contributed by atoms with van der Waals surface area (Å²) in [5.74, 6) is -0.107. The predicted octanol–water partition coefficient (Wildman–Crippen LogP) is 4.30. The van der Waals surface area contributed by atoms with Crippen LogP contribution >= 0.6 is 23.4 Å². The number of imide groups is 1. The first-order valence-electron chi connectivity index (χ1n) is 6.90. The van der Waals surface area contributed by atoms with Crippen LogP contribution in [-0.2, 0) is 4.79 Å². The van der Waals surface area contributed by atoms with Gasteiger partial charge in [0.25, 0.3) is 11.1 Å². The van der Waals surface area contributed by atoms with Gasteiger partial charge in [0, 0.05) is 5.02 Å². The van der Waals surface area contributed by atoms with Gasteiger partial charge in [0.15, 0.2) is 11.5 Å². The average molecular weight is 362 g/mol. The van der Waals surface area contributed by atoms with Gasteiger partial charge in [0.1, 0.15) is 0 Å². The Morgan fingerprint density at radius 2 is 1.88 bits per heavy atom. The molecule has 0 spiro atoms. The van der Waals surface area contributed by atoms with Gasteiger partial charge in [-0.3, -0.25) is 9.59 Å². The van der Waals surface area contributed by atoms with E-state index in [9.17, 15) is 14.7 Å². The number of benzene rings is 2. The molecule has 122 valence electrons. The molecule has 0 unspecified atom stereocenters. The maximum atomic E-state index is 12.5. The molecule has 1 saturated heterocycles. The van der Waals surface area contributed by atoms with Crippen LogP contribution in [0.15, 0.2) is 47.4 Å². The van der Waals surface area contributed by atoms with Crippen molar-refractivity contribution < 1.29 is 19.4 Å². The summed E-state index contributed by atoms with van der Waals surface area (Å²) in [7, 11) is 1.44. The Morgan fingerprint density at radius 1 is 1.17 bits per heavy atom. The molecule has 0 radical (unpaired) electrons. The molecule has 1 heterocycles. The molecule has 2 aromatic carbocycles. The fourth-order valence-corrected chi connectivity index (χ4v) is 3.18. The molecule has 1 aliphatic rings. The number of phenols is 1. The Morgan fingerprint density at radius 3 is 2.54 bits per heavy atom. The summed E-state index contributed by atoms with van der Waals surface area (Å²) < 4.78 is 5.04. The van der Waals surface area contributed by atoms with Gasteiger partial charge in [-0.05, 0) is 59.8 Å². The minimum atomic E-state index is -0.403. The van der Waals surface area contributed by atoms with Gasteiger partial charge in [-0.2, -0.15) is 0 Å². The number of aromatic hydroxyl groups is 1. The molecule has 0 aromatic heterocycles. The molecule has 5 nitrogen and oxygen atoms in total. The number of thioether (sulfide) groups is 1. The quantitative estimate of drug-likeness (QED) is 0.826. The van der Waals surface area contributed by atoms with Crippen LogP contribution < -0.4 is 9.64 Å². The van der Waals surface area contributed by atoms with Crippen molar-refractivity contribution in [3.05, 3.63) is 58.0 Å². The second-order valence-corrected chi connectivity index (χ2v) is 6.35. The van der Waals surface area contributed by atoms with E-state index in [-0.39, 0.29) is 11.0 Å². The number of anilines is 1. The molecule has 2 amide bonds. The average Bonchev–Trinajstić information content (AvgIpc) is 2.84. The van der Waals surface area contributed by atoms with Crippen molar-refractivity contribution in [1.82, 2.24) is 0 Å². The SMILES string of the molecule is COc1cc(C=C2SC(=O)N(c3ccc(Cl)cc3)C2=O)ccc1O. The van der Waals surface area contributed by atoms with Crippen molar-refractivity contribution in [2.24, 2.45) is 0 Å². The highest BCUT2D eigenvalue weighted by Crippen LogP contribution is 2.37. The Kier molecular flexibility index (Phi) is 4.51. The van der Waals surface area contributed by atoms with Crippen LogP contribution in [0.3, 0.4) is 0 Å².